The normalized spacial score (nSPS) is 11.1. The van der Waals surface area contributed by atoms with Crippen LogP contribution in [-0.2, 0) is 0 Å². The number of ether oxygens (including phenoxy) is 1. The molecule has 1 heterocycles. The van der Waals surface area contributed by atoms with E-state index >= 15 is 0 Å². The van der Waals surface area contributed by atoms with Gasteiger partial charge in [0, 0.05) is 0 Å². The zero-order valence-electron chi connectivity index (χ0n) is 9.23. The number of halogens is 3. The van der Waals surface area contributed by atoms with E-state index in [4.69, 9.17) is 0 Å². The van der Waals surface area contributed by atoms with E-state index in [0.29, 0.717) is 0 Å². The molecule has 0 radical (unpaired) electrons. The molecular weight excluding hydrogens is 265 g/mol. The molecule has 0 atom stereocenters. The lowest BCUT2D eigenvalue weighted by Gasteiger charge is -2.12. The standard InChI is InChI=1S/C10H7F3N4O2/c11-10(12,13)19-7-4-2-1-3-6(7)8(18)16-9-14-5-15-17-9/h1-5H,(H2,14,15,16,17,18). The summed E-state index contributed by atoms with van der Waals surface area (Å²) in [4.78, 5) is 15.4. The van der Waals surface area contributed by atoms with Gasteiger partial charge in [-0.1, -0.05) is 12.1 Å². The zero-order chi connectivity index (χ0) is 13.9. The smallest absolute Gasteiger partial charge is 0.405 e. The summed E-state index contributed by atoms with van der Waals surface area (Å²) in [5.41, 5.74) is -0.273. The van der Waals surface area contributed by atoms with Crippen LogP contribution in [0.3, 0.4) is 0 Å². The summed E-state index contributed by atoms with van der Waals surface area (Å²) in [5.74, 6) is -1.45. The summed E-state index contributed by atoms with van der Waals surface area (Å²) >= 11 is 0. The second kappa shape index (κ2) is 4.96. The van der Waals surface area contributed by atoms with Crippen molar-refractivity contribution in [3.05, 3.63) is 36.2 Å². The SMILES string of the molecule is O=C(Nc1nc[nH]n1)c1ccccc1OC(F)(F)F. The van der Waals surface area contributed by atoms with Gasteiger partial charge in [0.15, 0.2) is 0 Å². The van der Waals surface area contributed by atoms with Gasteiger partial charge in [0.05, 0.1) is 5.56 Å². The maximum Gasteiger partial charge on any atom is 0.573 e. The highest BCUT2D eigenvalue weighted by Gasteiger charge is 2.32. The molecule has 6 nitrogen and oxygen atoms in total. The number of hydrogen-bond donors (Lipinski definition) is 2. The van der Waals surface area contributed by atoms with Crippen molar-refractivity contribution >= 4 is 11.9 Å². The van der Waals surface area contributed by atoms with Crippen LogP contribution in [0.25, 0.3) is 0 Å². The molecule has 0 aliphatic carbocycles. The molecule has 0 spiro atoms. The Morgan fingerprint density at radius 2 is 2.05 bits per heavy atom. The van der Waals surface area contributed by atoms with Gasteiger partial charge in [-0.25, -0.2) is 4.98 Å². The lowest BCUT2D eigenvalue weighted by molar-refractivity contribution is -0.274. The molecule has 1 aromatic carbocycles. The maximum absolute atomic E-state index is 12.2. The van der Waals surface area contributed by atoms with Crippen molar-refractivity contribution in [1.82, 2.24) is 15.2 Å². The molecule has 19 heavy (non-hydrogen) atoms. The largest absolute Gasteiger partial charge is 0.573 e. The molecular formula is C10H7F3N4O2. The molecule has 0 fully saturated rings. The van der Waals surface area contributed by atoms with Crippen LogP contribution in [0.2, 0.25) is 0 Å². The number of nitrogens with zero attached hydrogens (tertiary/aromatic N) is 2. The first kappa shape index (κ1) is 12.9. The molecule has 0 aliphatic rings. The number of H-pyrrole nitrogens is 1. The van der Waals surface area contributed by atoms with Gasteiger partial charge in [-0.05, 0) is 12.1 Å². The van der Waals surface area contributed by atoms with Crippen molar-refractivity contribution in [2.75, 3.05) is 5.32 Å². The van der Waals surface area contributed by atoms with Crippen LogP contribution >= 0.6 is 0 Å². The summed E-state index contributed by atoms with van der Waals surface area (Å²) < 4.78 is 40.3. The Morgan fingerprint density at radius 3 is 2.68 bits per heavy atom. The van der Waals surface area contributed by atoms with Crippen LogP contribution in [-0.4, -0.2) is 27.5 Å². The number of aromatic amines is 1. The number of anilines is 1. The van der Waals surface area contributed by atoms with E-state index in [1.807, 2.05) is 0 Å². The Morgan fingerprint density at radius 1 is 1.32 bits per heavy atom. The third kappa shape index (κ3) is 3.44. The number of carbonyl (C=O) groups excluding carboxylic acids is 1. The third-order valence-corrected chi connectivity index (χ3v) is 2.00. The first-order valence-corrected chi connectivity index (χ1v) is 4.97. The first-order chi connectivity index (χ1) is 8.96. The molecule has 0 saturated carbocycles. The summed E-state index contributed by atoms with van der Waals surface area (Å²) in [6.45, 7) is 0. The zero-order valence-corrected chi connectivity index (χ0v) is 9.23. The average Bonchev–Trinajstić information content (AvgIpc) is 2.80. The molecule has 9 heteroatoms. The lowest BCUT2D eigenvalue weighted by atomic mass is 10.2. The van der Waals surface area contributed by atoms with Gasteiger partial charge >= 0.3 is 6.36 Å². The van der Waals surface area contributed by atoms with Gasteiger partial charge in [-0.2, -0.15) is 0 Å². The van der Waals surface area contributed by atoms with Crippen molar-refractivity contribution in [3.8, 4) is 5.75 Å². The lowest BCUT2D eigenvalue weighted by Crippen LogP contribution is -2.21. The molecule has 0 unspecified atom stereocenters. The predicted molar refractivity (Wildman–Crippen MR) is 57.5 cm³/mol. The molecule has 2 rings (SSSR count). The Kier molecular flexibility index (Phi) is 3.36. The summed E-state index contributed by atoms with van der Waals surface area (Å²) in [6.07, 6.45) is -3.66. The first-order valence-electron chi connectivity index (χ1n) is 4.97. The minimum atomic E-state index is -4.87. The number of para-hydroxylation sites is 1. The highest BCUT2D eigenvalue weighted by Crippen LogP contribution is 2.26. The summed E-state index contributed by atoms with van der Waals surface area (Å²) in [5, 5.41) is 8.13. The van der Waals surface area contributed by atoms with Gasteiger partial charge in [0.1, 0.15) is 12.1 Å². The topological polar surface area (TPSA) is 79.9 Å². The molecule has 1 amide bonds. The van der Waals surface area contributed by atoms with E-state index < -0.39 is 18.0 Å². The molecule has 0 saturated heterocycles. The van der Waals surface area contributed by atoms with Crippen molar-refractivity contribution in [1.29, 1.82) is 0 Å². The number of carbonyl (C=O) groups is 1. The molecule has 0 bridgehead atoms. The molecule has 2 aromatic rings. The summed E-state index contributed by atoms with van der Waals surface area (Å²) in [7, 11) is 0. The van der Waals surface area contributed by atoms with Crippen LogP contribution in [0.15, 0.2) is 30.6 Å². The minimum Gasteiger partial charge on any atom is -0.405 e. The number of hydrogen-bond acceptors (Lipinski definition) is 4. The number of rotatable bonds is 3. The van der Waals surface area contributed by atoms with Gasteiger partial charge in [-0.3, -0.25) is 15.2 Å². The predicted octanol–water partition coefficient (Wildman–Crippen LogP) is 1.96. The van der Waals surface area contributed by atoms with Crippen LogP contribution < -0.4 is 10.1 Å². The van der Waals surface area contributed by atoms with Gasteiger partial charge < -0.3 is 4.74 Å². The van der Waals surface area contributed by atoms with Crippen LogP contribution in [0.5, 0.6) is 5.75 Å². The highest BCUT2D eigenvalue weighted by atomic mass is 19.4. The van der Waals surface area contributed by atoms with E-state index in [1.54, 1.807) is 0 Å². The van der Waals surface area contributed by atoms with E-state index in [-0.39, 0.29) is 11.5 Å². The molecule has 2 N–H and O–H groups in total. The number of aromatic nitrogens is 3. The highest BCUT2D eigenvalue weighted by molar-refractivity contribution is 6.05. The maximum atomic E-state index is 12.2. The van der Waals surface area contributed by atoms with Gasteiger partial charge in [-0.15, -0.1) is 18.3 Å². The number of alkyl halides is 3. The second-order valence-corrected chi connectivity index (χ2v) is 3.32. The Hall–Kier alpha value is -2.58. The van der Waals surface area contributed by atoms with Crippen LogP contribution in [0, 0.1) is 0 Å². The second-order valence-electron chi connectivity index (χ2n) is 3.32. The fourth-order valence-electron chi connectivity index (χ4n) is 1.31. The van der Waals surface area contributed by atoms with Crippen molar-refractivity contribution in [2.45, 2.75) is 6.36 Å². The third-order valence-electron chi connectivity index (χ3n) is 2.00. The van der Waals surface area contributed by atoms with E-state index in [2.05, 4.69) is 25.2 Å². The Bertz CT molecular complexity index is 568. The van der Waals surface area contributed by atoms with Crippen molar-refractivity contribution in [2.24, 2.45) is 0 Å². The van der Waals surface area contributed by atoms with E-state index in [0.717, 1.165) is 6.07 Å². The Balaban J connectivity index is 2.21. The van der Waals surface area contributed by atoms with Crippen molar-refractivity contribution in [3.63, 3.8) is 0 Å². The fourth-order valence-corrected chi connectivity index (χ4v) is 1.31. The van der Waals surface area contributed by atoms with E-state index in [1.165, 1.54) is 24.5 Å². The van der Waals surface area contributed by atoms with Crippen molar-refractivity contribution < 1.29 is 22.7 Å². The molecule has 100 valence electrons. The quantitative estimate of drug-likeness (QED) is 0.895. The number of benzene rings is 1. The summed E-state index contributed by atoms with van der Waals surface area (Å²) in [6, 6.07) is 4.98. The monoisotopic (exact) mass is 272 g/mol. The van der Waals surface area contributed by atoms with Crippen LogP contribution in [0.4, 0.5) is 19.1 Å². The Labute approximate surface area is 104 Å². The number of amides is 1. The molecule has 1 aromatic heterocycles. The van der Waals surface area contributed by atoms with Gasteiger partial charge in [0.25, 0.3) is 5.91 Å². The molecule has 0 aliphatic heterocycles. The average molecular weight is 272 g/mol. The van der Waals surface area contributed by atoms with E-state index in [9.17, 15) is 18.0 Å². The minimum absolute atomic E-state index is 0.0492. The van der Waals surface area contributed by atoms with Gasteiger partial charge in [0.2, 0.25) is 5.95 Å². The fraction of sp³-hybridized carbons (Fsp3) is 0.100. The number of nitrogens with one attached hydrogen (secondary N) is 2. The van der Waals surface area contributed by atoms with Crippen LogP contribution in [0.1, 0.15) is 10.4 Å².